The van der Waals surface area contributed by atoms with E-state index in [1.165, 1.54) is 0 Å². The van der Waals surface area contributed by atoms with Gasteiger partial charge in [0.1, 0.15) is 5.82 Å². The number of aromatic amines is 1. The van der Waals surface area contributed by atoms with Crippen LogP contribution in [0.1, 0.15) is 38.1 Å². The van der Waals surface area contributed by atoms with Crippen molar-refractivity contribution in [3.63, 3.8) is 0 Å². The third-order valence-electron chi connectivity index (χ3n) is 2.25. The lowest BCUT2D eigenvalue weighted by molar-refractivity contribution is -0.135. The SMILES string of the molecule is CCNC(CCCC(F)(F)F)c1ncc[nH]1. The topological polar surface area (TPSA) is 40.7 Å². The summed E-state index contributed by atoms with van der Waals surface area (Å²) in [5, 5.41) is 3.11. The number of nitrogens with zero attached hydrogens (tertiary/aromatic N) is 1. The predicted molar refractivity (Wildman–Crippen MR) is 54.9 cm³/mol. The van der Waals surface area contributed by atoms with Gasteiger partial charge < -0.3 is 10.3 Å². The van der Waals surface area contributed by atoms with Crippen molar-refractivity contribution in [2.75, 3.05) is 6.54 Å². The highest BCUT2D eigenvalue weighted by Crippen LogP contribution is 2.25. The highest BCUT2D eigenvalue weighted by molar-refractivity contribution is 4.95. The van der Waals surface area contributed by atoms with Crippen molar-refractivity contribution in [1.29, 1.82) is 0 Å². The monoisotopic (exact) mass is 235 g/mol. The number of rotatable bonds is 6. The Hall–Kier alpha value is -1.04. The molecule has 1 unspecified atom stereocenters. The molecular formula is C10H16F3N3. The Balaban J connectivity index is 2.41. The Morgan fingerprint density at radius 3 is 2.75 bits per heavy atom. The molecule has 0 aromatic carbocycles. The van der Waals surface area contributed by atoms with Gasteiger partial charge in [0.25, 0.3) is 0 Å². The average molecular weight is 235 g/mol. The van der Waals surface area contributed by atoms with Gasteiger partial charge in [-0.15, -0.1) is 0 Å². The van der Waals surface area contributed by atoms with Crippen molar-refractivity contribution in [2.45, 2.75) is 38.4 Å². The molecule has 1 aromatic heterocycles. The fourth-order valence-electron chi connectivity index (χ4n) is 1.56. The zero-order valence-electron chi connectivity index (χ0n) is 9.14. The normalized spacial score (nSPS) is 14.0. The molecule has 0 saturated heterocycles. The van der Waals surface area contributed by atoms with Crippen LogP contribution in [0, 0.1) is 0 Å². The van der Waals surface area contributed by atoms with Crippen LogP contribution < -0.4 is 5.32 Å². The second-order valence-corrected chi connectivity index (χ2v) is 3.59. The second kappa shape index (κ2) is 5.89. The van der Waals surface area contributed by atoms with Crippen LogP contribution in [0.5, 0.6) is 0 Å². The Bertz CT molecular complexity index is 282. The van der Waals surface area contributed by atoms with E-state index in [0.717, 1.165) is 0 Å². The summed E-state index contributed by atoms with van der Waals surface area (Å²) >= 11 is 0. The summed E-state index contributed by atoms with van der Waals surface area (Å²) in [4.78, 5) is 6.97. The number of halogens is 3. The van der Waals surface area contributed by atoms with Crippen molar-refractivity contribution in [2.24, 2.45) is 0 Å². The van der Waals surface area contributed by atoms with E-state index in [4.69, 9.17) is 0 Å². The van der Waals surface area contributed by atoms with Crippen molar-refractivity contribution < 1.29 is 13.2 Å². The maximum Gasteiger partial charge on any atom is 0.389 e. The maximum atomic E-state index is 12.0. The molecule has 0 fully saturated rings. The third kappa shape index (κ3) is 4.65. The molecule has 0 aliphatic heterocycles. The lowest BCUT2D eigenvalue weighted by atomic mass is 10.1. The lowest BCUT2D eigenvalue weighted by Crippen LogP contribution is -2.22. The summed E-state index contributed by atoms with van der Waals surface area (Å²) in [5.74, 6) is 0.698. The fourth-order valence-corrected chi connectivity index (χ4v) is 1.56. The van der Waals surface area contributed by atoms with Crippen molar-refractivity contribution in [3.05, 3.63) is 18.2 Å². The second-order valence-electron chi connectivity index (χ2n) is 3.59. The molecule has 0 saturated carbocycles. The van der Waals surface area contributed by atoms with Crippen LogP contribution >= 0.6 is 0 Å². The van der Waals surface area contributed by atoms with Gasteiger partial charge in [0, 0.05) is 18.8 Å². The van der Waals surface area contributed by atoms with E-state index >= 15 is 0 Å². The number of H-pyrrole nitrogens is 1. The number of imidazole rings is 1. The molecular weight excluding hydrogens is 219 g/mol. The van der Waals surface area contributed by atoms with Gasteiger partial charge in [-0.05, 0) is 19.4 Å². The average Bonchev–Trinajstić information content (AvgIpc) is 2.67. The molecule has 0 spiro atoms. The lowest BCUT2D eigenvalue weighted by Gasteiger charge is -2.15. The van der Waals surface area contributed by atoms with Crippen LogP contribution in [0.15, 0.2) is 12.4 Å². The molecule has 16 heavy (non-hydrogen) atoms. The standard InChI is InChI=1S/C10H16F3N3/c1-2-14-8(9-15-6-7-16-9)4-3-5-10(11,12)13/h6-8,14H,2-5H2,1H3,(H,15,16). The van der Waals surface area contributed by atoms with E-state index < -0.39 is 12.6 Å². The summed E-state index contributed by atoms with van der Waals surface area (Å²) < 4.78 is 36.0. The van der Waals surface area contributed by atoms with Gasteiger partial charge in [-0.25, -0.2) is 4.98 Å². The van der Waals surface area contributed by atoms with Crippen LogP contribution in [0.25, 0.3) is 0 Å². The zero-order valence-corrected chi connectivity index (χ0v) is 9.14. The van der Waals surface area contributed by atoms with Gasteiger partial charge in [0.15, 0.2) is 0 Å². The van der Waals surface area contributed by atoms with Gasteiger partial charge in [-0.3, -0.25) is 0 Å². The van der Waals surface area contributed by atoms with E-state index in [1.54, 1.807) is 12.4 Å². The first-order chi connectivity index (χ1) is 7.53. The minimum Gasteiger partial charge on any atom is -0.347 e. The number of alkyl halides is 3. The number of hydrogen-bond donors (Lipinski definition) is 2. The van der Waals surface area contributed by atoms with Crippen LogP contribution in [0.4, 0.5) is 13.2 Å². The van der Waals surface area contributed by atoms with Gasteiger partial charge in [0.05, 0.1) is 6.04 Å². The molecule has 1 rings (SSSR count). The summed E-state index contributed by atoms with van der Waals surface area (Å²) in [6.45, 7) is 2.62. The first-order valence-electron chi connectivity index (χ1n) is 5.32. The summed E-state index contributed by atoms with van der Waals surface area (Å²) in [6.07, 6.45) is -0.995. The van der Waals surface area contributed by atoms with E-state index in [-0.39, 0.29) is 12.5 Å². The van der Waals surface area contributed by atoms with E-state index in [9.17, 15) is 13.2 Å². The Morgan fingerprint density at radius 1 is 1.50 bits per heavy atom. The molecule has 0 amide bonds. The van der Waals surface area contributed by atoms with Gasteiger partial charge in [-0.1, -0.05) is 6.92 Å². The van der Waals surface area contributed by atoms with Gasteiger partial charge in [-0.2, -0.15) is 13.2 Å². The van der Waals surface area contributed by atoms with Crippen molar-refractivity contribution >= 4 is 0 Å². The van der Waals surface area contributed by atoms with Crippen LogP contribution in [0.3, 0.4) is 0 Å². The Morgan fingerprint density at radius 2 is 2.25 bits per heavy atom. The Kier molecular flexibility index (Phi) is 4.79. The smallest absolute Gasteiger partial charge is 0.347 e. The minimum absolute atomic E-state index is 0.113. The maximum absolute atomic E-state index is 12.0. The summed E-state index contributed by atoms with van der Waals surface area (Å²) in [5.41, 5.74) is 0. The first-order valence-corrected chi connectivity index (χ1v) is 5.32. The first kappa shape index (κ1) is 13.0. The highest BCUT2D eigenvalue weighted by Gasteiger charge is 2.27. The molecule has 2 N–H and O–H groups in total. The molecule has 0 aliphatic carbocycles. The summed E-state index contributed by atoms with van der Waals surface area (Å²) in [6, 6.07) is -0.123. The number of aromatic nitrogens is 2. The zero-order chi connectivity index (χ0) is 12.0. The minimum atomic E-state index is -4.07. The molecule has 0 aliphatic rings. The molecule has 1 heterocycles. The van der Waals surface area contributed by atoms with Crippen LogP contribution in [-0.4, -0.2) is 22.7 Å². The van der Waals surface area contributed by atoms with Crippen LogP contribution in [-0.2, 0) is 0 Å². The van der Waals surface area contributed by atoms with Crippen molar-refractivity contribution in [3.8, 4) is 0 Å². The quantitative estimate of drug-likeness (QED) is 0.796. The molecule has 6 heteroatoms. The predicted octanol–water partition coefficient (Wildman–Crippen LogP) is 2.79. The molecule has 0 radical (unpaired) electrons. The van der Waals surface area contributed by atoms with Crippen molar-refractivity contribution in [1.82, 2.24) is 15.3 Å². The molecule has 0 bridgehead atoms. The third-order valence-corrected chi connectivity index (χ3v) is 2.25. The fraction of sp³-hybridized carbons (Fsp3) is 0.700. The van der Waals surface area contributed by atoms with E-state index in [1.807, 2.05) is 6.92 Å². The Labute approximate surface area is 92.5 Å². The van der Waals surface area contributed by atoms with E-state index in [2.05, 4.69) is 15.3 Å². The molecule has 1 aromatic rings. The van der Waals surface area contributed by atoms with Gasteiger partial charge in [0.2, 0.25) is 0 Å². The molecule has 1 atom stereocenters. The number of nitrogens with one attached hydrogen (secondary N) is 2. The van der Waals surface area contributed by atoms with E-state index in [0.29, 0.717) is 18.8 Å². The van der Waals surface area contributed by atoms with Gasteiger partial charge >= 0.3 is 6.18 Å². The highest BCUT2D eigenvalue weighted by atomic mass is 19.4. The summed E-state index contributed by atoms with van der Waals surface area (Å²) in [7, 11) is 0. The largest absolute Gasteiger partial charge is 0.389 e. The molecule has 92 valence electrons. The van der Waals surface area contributed by atoms with Crippen LogP contribution in [0.2, 0.25) is 0 Å². The number of hydrogen-bond acceptors (Lipinski definition) is 2. The molecule has 3 nitrogen and oxygen atoms in total.